The van der Waals surface area contributed by atoms with E-state index in [0.717, 1.165) is 14.0 Å². The number of halogens is 1. The fourth-order valence-electron chi connectivity index (χ4n) is 3.16. The molecule has 160 valence electrons. The fourth-order valence-corrected chi connectivity index (χ4v) is 3.85. The molecule has 1 N–H and O–H groups in total. The van der Waals surface area contributed by atoms with Crippen molar-refractivity contribution in [2.45, 2.75) is 6.61 Å². The number of para-hydroxylation sites is 1. The van der Waals surface area contributed by atoms with Crippen molar-refractivity contribution in [2.75, 3.05) is 4.90 Å². The first-order valence-corrected chi connectivity index (χ1v) is 10.6. The van der Waals surface area contributed by atoms with Gasteiger partial charge in [0, 0.05) is 12.1 Å². The minimum absolute atomic E-state index is 0.00981. The predicted octanol–water partition coefficient (Wildman–Crippen LogP) is 4.88. The number of rotatable bonds is 6. The summed E-state index contributed by atoms with van der Waals surface area (Å²) >= 11 is 2.11. The van der Waals surface area contributed by atoms with E-state index < -0.39 is 16.9 Å². The Morgan fingerprint density at radius 1 is 1.03 bits per heavy atom. The molecule has 0 saturated carbocycles. The zero-order valence-electron chi connectivity index (χ0n) is 16.5. The molecule has 0 aromatic heterocycles. The smallest absolute Gasteiger partial charge is 0.333 e. The lowest BCUT2D eigenvalue weighted by molar-refractivity contribution is -0.384. The molecule has 0 unspecified atom stereocenters. The van der Waals surface area contributed by atoms with Crippen molar-refractivity contribution in [3.05, 3.63) is 103 Å². The Balaban J connectivity index is 1.48. The van der Waals surface area contributed by atoms with Gasteiger partial charge in [-0.1, -0.05) is 36.4 Å². The third kappa shape index (κ3) is 4.62. The highest BCUT2D eigenvalue weighted by Gasteiger charge is 2.34. The molecule has 0 atom stereocenters. The zero-order valence-corrected chi connectivity index (χ0v) is 18.7. The second-order valence-corrected chi connectivity index (χ2v) is 8.03. The standard InChI is InChI=1S/C23H16IN3O5/c24-19-12-15(9-10-21(19)32-14-16-5-4-8-18(11-16)27(30)31)13-20-22(28)26(23(29)25-20)17-6-2-1-3-7-17/h1-13H,14H2,(H,25,29)/b20-13+. The Bertz CT molecular complexity index is 1240. The number of benzene rings is 3. The van der Waals surface area contributed by atoms with Crippen LogP contribution in [0.15, 0.2) is 78.5 Å². The number of amides is 3. The normalized spacial score (nSPS) is 14.5. The number of nitrogens with zero attached hydrogens (tertiary/aromatic N) is 2. The Hall–Kier alpha value is -3.73. The summed E-state index contributed by atoms with van der Waals surface area (Å²) in [5.74, 6) is 0.175. The molecule has 0 radical (unpaired) electrons. The number of carbonyl (C=O) groups excluding carboxylic acids is 2. The maximum atomic E-state index is 12.7. The molecule has 1 saturated heterocycles. The summed E-state index contributed by atoms with van der Waals surface area (Å²) in [6.07, 6.45) is 1.61. The van der Waals surface area contributed by atoms with Gasteiger partial charge >= 0.3 is 6.03 Å². The monoisotopic (exact) mass is 541 g/mol. The number of urea groups is 1. The van der Waals surface area contributed by atoms with Gasteiger partial charge in [-0.15, -0.1) is 0 Å². The van der Waals surface area contributed by atoms with Crippen molar-refractivity contribution in [3.8, 4) is 5.75 Å². The minimum Gasteiger partial charge on any atom is -0.488 e. The average Bonchev–Trinajstić information content (AvgIpc) is 3.06. The maximum absolute atomic E-state index is 12.7. The zero-order chi connectivity index (χ0) is 22.7. The molecule has 1 heterocycles. The highest BCUT2D eigenvalue weighted by Crippen LogP contribution is 2.26. The summed E-state index contributed by atoms with van der Waals surface area (Å²) in [5, 5.41) is 13.5. The van der Waals surface area contributed by atoms with Crippen LogP contribution in [-0.2, 0) is 11.4 Å². The highest BCUT2D eigenvalue weighted by molar-refractivity contribution is 14.1. The van der Waals surface area contributed by atoms with Crippen LogP contribution in [-0.4, -0.2) is 16.9 Å². The molecule has 9 heteroatoms. The van der Waals surface area contributed by atoms with Crippen LogP contribution in [0.25, 0.3) is 6.08 Å². The minimum atomic E-state index is -0.501. The lowest BCUT2D eigenvalue weighted by Crippen LogP contribution is -2.30. The van der Waals surface area contributed by atoms with Crippen LogP contribution in [0.3, 0.4) is 0 Å². The van der Waals surface area contributed by atoms with E-state index in [1.807, 2.05) is 12.1 Å². The molecule has 0 spiro atoms. The van der Waals surface area contributed by atoms with Gasteiger partial charge in [0.2, 0.25) is 0 Å². The van der Waals surface area contributed by atoms with Crippen LogP contribution >= 0.6 is 22.6 Å². The first-order chi connectivity index (χ1) is 15.4. The van der Waals surface area contributed by atoms with Crippen molar-refractivity contribution in [1.82, 2.24) is 5.32 Å². The summed E-state index contributed by atoms with van der Waals surface area (Å²) in [4.78, 5) is 36.5. The summed E-state index contributed by atoms with van der Waals surface area (Å²) in [7, 11) is 0. The number of anilines is 1. The molecule has 3 aromatic rings. The molecule has 32 heavy (non-hydrogen) atoms. The average molecular weight is 541 g/mol. The van der Waals surface area contributed by atoms with E-state index in [1.165, 1.54) is 12.1 Å². The summed E-state index contributed by atoms with van der Waals surface area (Å²) in [6, 6.07) is 19.8. The molecular weight excluding hydrogens is 525 g/mol. The molecule has 0 bridgehead atoms. The lowest BCUT2D eigenvalue weighted by Gasteiger charge is -2.11. The summed E-state index contributed by atoms with van der Waals surface area (Å²) < 4.78 is 6.59. The molecular formula is C23H16IN3O5. The van der Waals surface area contributed by atoms with E-state index in [-0.39, 0.29) is 18.0 Å². The topological polar surface area (TPSA) is 102 Å². The maximum Gasteiger partial charge on any atom is 0.333 e. The van der Waals surface area contributed by atoms with Crippen molar-refractivity contribution < 1.29 is 19.2 Å². The van der Waals surface area contributed by atoms with Gasteiger partial charge in [-0.2, -0.15) is 0 Å². The van der Waals surface area contributed by atoms with Crippen LogP contribution in [0.5, 0.6) is 5.75 Å². The molecule has 1 aliphatic rings. The van der Waals surface area contributed by atoms with E-state index in [1.54, 1.807) is 54.6 Å². The first kappa shape index (κ1) is 21.5. The van der Waals surface area contributed by atoms with Crippen molar-refractivity contribution in [3.63, 3.8) is 0 Å². The van der Waals surface area contributed by atoms with Crippen LogP contribution < -0.4 is 15.0 Å². The Labute approximate surface area is 196 Å². The number of hydrogen-bond donors (Lipinski definition) is 1. The molecule has 1 aliphatic heterocycles. The van der Waals surface area contributed by atoms with E-state index in [9.17, 15) is 19.7 Å². The van der Waals surface area contributed by atoms with Crippen LogP contribution in [0, 0.1) is 13.7 Å². The molecule has 0 aliphatic carbocycles. The van der Waals surface area contributed by atoms with Gasteiger partial charge in [-0.05, 0) is 64.1 Å². The quantitative estimate of drug-likeness (QED) is 0.158. The van der Waals surface area contributed by atoms with Gasteiger partial charge in [0.05, 0.1) is 14.2 Å². The third-order valence-corrected chi connectivity index (χ3v) is 5.52. The SMILES string of the molecule is O=C1N/C(=C/c2ccc(OCc3cccc([N+](=O)[O-])c3)c(I)c2)C(=O)N1c1ccccc1. The Kier molecular flexibility index (Phi) is 6.17. The van der Waals surface area contributed by atoms with Gasteiger partial charge in [0.25, 0.3) is 11.6 Å². The number of imide groups is 1. The fraction of sp³-hybridized carbons (Fsp3) is 0.0435. The van der Waals surface area contributed by atoms with Crippen LogP contribution in [0.4, 0.5) is 16.2 Å². The molecule has 4 rings (SSSR count). The lowest BCUT2D eigenvalue weighted by atomic mass is 10.1. The van der Waals surface area contributed by atoms with Crippen LogP contribution in [0.2, 0.25) is 0 Å². The first-order valence-electron chi connectivity index (χ1n) is 9.50. The summed E-state index contributed by atoms with van der Waals surface area (Å²) in [6.45, 7) is 0.179. The molecule has 1 fully saturated rings. The second-order valence-electron chi connectivity index (χ2n) is 6.87. The van der Waals surface area contributed by atoms with Gasteiger partial charge in [0.15, 0.2) is 0 Å². The third-order valence-electron chi connectivity index (χ3n) is 4.68. The van der Waals surface area contributed by atoms with Crippen molar-refractivity contribution >= 4 is 52.0 Å². The van der Waals surface area contributed by atoms with E-state index in [4.69, 9.17) is 4.74 Å². The Morgan fingerprint density at radius 2 is 1.81 bits per heavy atom. The molecule has 8 nitrogen and oxygen atoms in total. The van der Waals surface area contributed by atoms with Crippen molar-refractivity contribution in [2.24, 2.45) is 0 Å². The van der Waals surface area contributed by atoms with Gasteiger partial charge in [-0.3, -0.25) is 14.9 Å². The number of nitrogens with one attached hydrogen (secondary N) is 1. The molecule has 3 amide bonds. The highest BCUT2D eigenvalue weighted by atomic mass is 127. The van der Waals surface area contributed by atoms with E-state index >= 15 is 0 Å². The predicted molar refractivity (Wildman–Crippen MR) is 127 cm³/mol. The van der Waals surface area contributed by atoms with Crippen LogP contribution in [0.1, 0.15) is 11.1 Å². The van der Waals surface area contributed by atoms with Gasteiger partial charge < -0.3 is 10.1 Å². The van der Waals surface area contributed by atoms with E-state index in [0.29, 0.717) is 17.0 Å². The van der Waals surface area contributed by atoms with Gasteiger partial charge in [-0.25, -0.2) is 9.69 Å². The molecule has 3 aromatic carbocycles. The van der Waals surface area contributed by atoms with Crippen molar-refractivity contribution in [1.29, 1.82) is 0 Å². The summed E-state index contributed by atoms with van der Waals surface area (Å²) in [5.41, 5.74) is 2.09. The second kappa shape index (κ2) is 9.18. The number of hydrogen-bond acceptors (Lipinski definition) is 5. The van der Waals surface area contributed by atoms with E-state index in [2.05, 4.69) is 27.9 Å². The number of ether oxygens (including phenoxy) is 1. The Morgan fingerprint density at radius 3 is 2.53 bits per heavy atom. The largest absolute Gasteiger partial charge is 0.488 e. The number of carbonyl (C=O) groups is 2. The van der Waals surface area contributed by atoms with Gasteiger partial charge in [0.1, 0.15) is 18.1 Å². The number of nitro groups is 1. The number of non-ortho nitro benzene ring substituents is 1. The number of nitro benzene ring substituents is 1.